The van der Waals surface area contributed by atoms with Crippen molar-refractivity contribution in [1.82, 2.24) is 0 Å². The van der Waals surface area contributed by atoms with Crippen LogP contribution >= 0.6 is 11.6 Å². The van der Waals surface area contributed by atoms with Crippen molar-refractivity contribution in [3.63, 3.8) is 0 Å². The maximum Gasteiger partial charge on any atom is 0.328 e. The van der Waals surface area contributed by atoms with E-state index >= 15 is 0 Å². The Balaban J connectivity index is 2.03. The van der Waals surface area contributed by atoms with Crippen molar-refractivity contribution in [3.8, 4) is 0 Å². The van der Waals surface area contributed by atoms with Gasteiger partial charge >= 0.3 is 5.97 Å². The van der Waals surface area contributed by atoms with E-state index in [1.165, 1.54) is 5.56 Å². The smallest absolute Gasteiger partial charge is 0.328 e. The highest BCUT2D eigenvalue weighted by atomic mass is 35.5. The molecular formula is C16H18ClNO2. The fourth-order valence-corrected chi connectivity index (χ4v) is 3.41. The first-order chi connectivity index (χ1) is 9.63. The lowest BCUT2D eigenvalue weighted by Gasteiger charge is -2.36. The summed E-state index contributed by atoms with van der Waals surface area (Å²) in [4.78, 5) is 12.2. The molecule has 1 N–H and O–H groups in total. The van der Waals surface area contributed by atoms with Crippen LogP contribution in [0, 0.1) is 12.8 Å². The van der Waals surface area contributed by atoms with Crippen molar-refractivity contribution in [3.05, 3.63) is 40.4 Å². The average Bonchev–Trinajstić information content (AvgIpc) is 2.91. The van der Waals surface area contributed by atoms with E-state index in [9.17, 15) is 4.79 Å². The highest BCUT2D eigenvalue weighted by Crippen LogP contribution is 2.46. The average molecular weight is 292 g/mol. The summed E-state index contributed by atoms with van der Waals surface area (Å²) in [6, 6.07) is 3.71. The number of hydrogen-bond donors (Lipinski definition) is 1. The normalized spacial score (nSPS) is 26.6. The Morgan fingerprint density at radius 3 is 3.05 bits per heavy atom. The summed E-state index contributed by atoms with van der Waals surface area (Å²) in [5, 5.41) is 4.08. The minimum Gasteiger partial charge on any atom is -0.464 e. The number of benzene rings is 1. The molecule has 0 unspecified atom stereocenters. The van der Waals surface area contributed by atoms with Crippen molar-refractivity contribution in [2.75, 3.05) is 11.9 Å². The van der Waals surface area contributed by atoms with Gasteiger partial charge in [-0.3, -0.25) is 0 Å². The minimum atomic E-state index is -0.292. The Kier molecular flexibility index (Phi) is 3.47. The third-order valence-electron chi connectivity index (χ3n) is 4.27. The van der Waals surface area contributed by atoms with E-state index in [2.05, 4.69) is 23.5 Å². The van der Waals surface area contributed by atoms with Crippen molar-refractivity contribution in [2.24, 2.45) is 5.92 Å². The number of hydrogen-bond acceptors (Lipinski definition) is 3. The summed E-state index contributed by atoms with van der Waals surface area (Å²) in [7, 11) is 0. The van der Waals surface area contributed by atoms with Gasteiger partial charge in [-0.05, 0) is 37.5 Å². The van der Waals surface area contributed by atoms with E-state index in [0.29, 0.717) is 6.61 Å². The molecule has 3 atom stereocenters. The van der Waals surface area contributed by atoms with Gasteiger partial charge in [0, 0.05) is 22.5 Å². The van der Waals surface area contributed by atoms with Crippen LogP contribution in [0.25, 0.3) is 0 Å². The summed E-state index contributed by atoms with van der Waals surface area (Å²) >= 11 is 6.20. The van der Waals surface area contributed by atoms with Crippen LogP contribution in [0.3, 0.4) is 0 Å². The fraction of sp³-hybridized carbons (Fsp3) is 0.438. The van der Waals surface area contributed by atoms with Crippen LogP contribution in [-0.2, 0) is 9.53 Å². The van der Waals surface area contributed by atoms with Crippen LogP contribution in [-0.4, -0.2) is 18.6 Å². The number of rotatable bonds is 2. The molecule has 0 saturated carbocycles. The molecule has 20 heavy (non-hydrogen) atoms. The number of esters is 1. The molecule has 1 heterocycles. The molecule has 106 valence electrons. The van der Waals surface area contributed by atoms with Gasteiger partial charge in [-0.1, -0.05) is 29.8 Å². The molecule has 0 fully saturated rings. The first-order valence-electron chi connectivity index (χ1n) is 7.02. The lowest BCUT2D eigenvalue weighted by atomic mass is 9.78. The molecule has 0 saturated heterocycles. The van der Waals surface area contributed by atoms with Crippen molar-refractivity contribution >= 4 is 23.3 Å². The molecule has 4 heteroatoms. The number of halogens is 1. The van der Waals surface area contributed by atoms with Gasteiger partial charge in [0.1, 0.15) is 6.04 Å². The van der Waals surface area contributed by atoms with Crippen molar-refractivity contribution in [1.29, 1.82) is 0 Å². The standard InChI is InChI=1S/C16H18ClNO2/c1-3-20-16(19)15-11-6-4-5-10(11)12-7-8-13(17)9(2)14(12)18-15/h4-5,7-8,10-11,15,18H,3,6H2,1-2H3/t10-,11-,15-/m0/s1. The second kappa shape index (κ2) is 5.13. The lowest BCUT2D eigenvalue weighted by molar-refractivity contribution is -0.145. The predicted molar refractivity (Wildman–Crippen MR) is 80.2 cm³/mol. The van der Waals surface area contributed by atoms with E-state index in [1.807, 2.05) is 19.9 Å². The van der Waals surface area contributed by atoms with Crippen LogP contribution in [0.1, 0.15) is 30.4 Å². The van der Waals surface area contributed by atoms with Crippen LogP contribution in [0.15, 0.2) is 24.3 Å². The van der Waals surface area contributed by atoms with Gasteiger partial charge in [-0.25, -0.2) is 4.79 Å². The number of nitrogens with one attached hydrogen (secondary N) is 1. The van der Waals surface area contributed by atoms with Gasteiger partial charge in [-0.2, -0.15) is 0 Å². The van der Waals surface area contributed by atoms with Crippen LogP contribution in [0.4, 0.5) is 5.69 Å². The molecule has 3 nitrogen and oxygen atoms in total. The Morgan fingerprint density at radius 1 is 1.50 bits per heavy atom. The van der Waals surface area contributed by atoms with E-state index in [4.69, 9.17) is 16.3 Å². The SMILES string of the molecule is CCOC(=O)[C@H]1Nc2c(ccc(Cl)c2C)[C@H]2C=CC[C@H]12. The van der Waals surface area contributed by atoms with E-state index < -0.39 is 0 Å². The number of anilines is 1. The molecule has 0 amide bonds. The first-order valence-corrected chi connectivity index (χ1v) is 7.40. The maximum atomic E-state index is 12.2. The van der Waals surface area contributed by atoms with Crippen molar-refractivity contribution in [2.45, 2.75) is 32.2 Å². The van der Waals surface area contributed by atoms with Gasteiger partial charge in [0.15, 0.2) is 0 Å². The zero-order valence-electron chi connectivity index (χ0n) is 11.7. The van der Waals surface area contributed by atoms with Crippen LogP contribution in [0.5, 0.6) is 0 Å². The summed E-state index contributed by atoms with van der Waals surface area (Å²) in [5.41, 5.74) is 3.21. The molecule has 1 aliphatic carbocycles. The molecule has 0 spiro atoms. The summed E-state index contributed by atoms with van der Waals surface area (Å²) in [6.45, 7) is 4.22. The highest BCUT2D eigenvalue weighted by molar-refractivity contribution is 6.31. The first kappa shape index (κ1) is 13.5. The van der Waals surface area contributed by atoms with E-state index in [0.717, 1.165) is 22.7 Å². The quantitative estimate of drug-likeness (QED) is 0.667. The molecule has 1 aromatic carbocycles. The van der Waals surface area contributed by atoms with Crippen LogP contribution in [0.2, 0.25) is 5.02 Å². The van der Waals surface area contributed by atoms with Gasteiger partial charge in [0.2, 0.25) is 0 Å². The summed E-state index contributed by atoms with van der Waals surface area (Å²) in [6.07, 6.45) is 5.26. The van der Waals surface area contributed by atoms with Gasteiger partial charge in [0.05, 0.1) is 6.61 Å². The van der Waals surface area contributed by atoms with Crippen LogP contribution < -0.4 is 5.32 Å². The minimum absolute atomic E-state index is 0.170. The molecule has 2 aliphatic rings. The Morgan fingerprint density at radius 2 is 2.30 bits per heavy atom. The Hall–Kier alpha value is -1.48. The second-order valence-corrected chi connectivity index (χ2v) is 5.77. The monoisotopic (exact) mass is 291 g/mol. The Labute approximate surface area is 124 Å². The molecule has 1 aromatic rings. The van der Waals surface area contributed by atoms with Crippen molar-refractivity contribution < 1.29 is 9.53 Å². The van der Waals surface area contributed by atoms with Gasteiger partial charge in [-0.15, -0.1) is 0 Å². The maximum absolute atomic E-state index is 12.2. The largest absolute Gasteiger partial charge is 0.464 e. The predicted octanol–water partition coefficient (Wildman–Crippen LogP) is 3.67. The van der Waals surface area contributed by atoms with Gasteiger partial charge < -0.3 is 10.1 Å². The third kappa shape index (κ3) is 2.01. The zero-order chi connectivity index (χ0) is 14.3. The van der Waals surface area contributed by atoms with E-state index in [1.54, 1.807) is 0 Å². The molecule has 0 radical (unpaired) electrons. The molecular weight excluding hydrogens is 274 g/mol. The fourth-order valence-electron chi connectivity index (χ4n) is 3.25. The number of fused-ring (bicyclic) bond motifs is 3. The number of ether oxygens (including phenoxy) is 1. The zero-order valence-corrected chi connectivity index (χ0v) is 12.4. The van der Waals surface area contributed by atoms with Gasteiger partial charge in [0.25, 0.3) is 0 Å². The number of allylic oxidation sites excluding steroid dienone is 2. The highest BCUT2D eigenvalue weighted by Gasteiger charge is 2.42. The number of carbonyl (C=O) groups is 1. The van der Waals surface area contributed by atoms with E-state index in [-0.39, 0.29) is 23.8 Å². The molecule has 0 aromatic heterocycles. The molecule has 3 rings (SSSR count). The summed E-state index contributed by atoms with van der Waals surface area (Å²) < 4.78 is 5.21. The topological polar surface area (TPSA) is 38.3 Å². The number of carbonyl (C=O) groups excluding carboxylic acids is 1. The lowest BCUT2D eigenvalue weighted by Crippen LogP contribution is -2.43. The third-order valence-corrected chi connectivity index (χ3v) is 4.68. The Bertz CT molecular complexity index is 582. The summed E-state index contributed by atoms with van der Waals surface area (Å²) in [5.74, 6) is 0.343. The molecule has 1 aliphatic heterocycles. The second-order valence-electron chi connectivity index (χ2n) is 5.36. The molecule has 0 bridgehead atoms.